The van der Waals surface area contributed by atoms with Crippen LogP contribution in [0.25, 0.3) is 0 Å². The summed E-state index contributed by atoms with van der Waals surface area (Å²) in [4.78, 5) is 0. The zero-order valence-corrected chi connectivity index (χ0v) is 10.4. The summed E-state index contributed by atoms with van der Waals surface area (Å²) in [7, 11) is 0. The molecule has 4 aliphatic rings. The van der Waals surface area contributed by atoms with Crippen LogP contribution in [0.1, 0.15) is 66.2 Å². The van der Waals surface area contributed by atoms with Gasteiger partial charge in [0.05, 0.1) is 0 Å². The third-order valence-corrected chi connectivity index (χ3v) is 4.65. The van der Waals surface area contributed by atoms with Crippen LogP contribution in [0.5, 0.6) is 0 Å². The maximum Gasteiger partial charge on any atom is -0.0315 e. The fourth-order valence-electron chi connectivity index (χ4n) is 5.22. The Morgan fingerprint density at radius 3 is 1.43 bits per heavy atom. The fraction of sp³-hybridized carbons (Fsp3) is 1.00. The SMILES string of the molecule is CC.CC12CC3CC(C1)CC(C)(C3)C2. The van der Waals surface area contributed by atoms with Crippen LogP contribution < -0.4 is 0 Å². The van der Waals surface area contributed by atoms with Crippen molar-refractivity contribution < 1.29 is 0 Å². The summed E-state index contributed by atoms with van der Waals surface area (Å²) in [5, 5.41) is 0. The molecular weight excluding hydrogens is 168 g/mol. The van der Waals surface area contributed by atoms with Crippen molar-refractivity contribution in [3.8, 4) is 0 Å². The summed E-state index contributed by atoms with van der Waals surface area (Å²) in [5.74, 6) is 2.22. The topological polar surface area (TPSA) is 0 Å². The van der Waals surface area contributed by atoms with Crippen LogP contribution in [-0.2, 0) is 0 Å². The highest BCUT2D eigenvalue weighted by atomic mass is 14.6. The molecule has 0 aromatic heterocycles. The Bertz CT molecular complexity index is 182. The van der Waals surface area contributed by atoms with Gasteiger partial charge >= 0.3 is 0 Å². The molecule has 0 radical (unpaired) electrons. The van der Waals surface area contributed by atoms with E-state index in [1.165, 1.54) is 6.42 Å². The van der Waals surface area contributed by atoms with Crippen LogP contribution in [0.4, 0.5) is 0 Å². The third-order valence-electron chi connectivity index (χ3n) is 4.65. The minimum absolute atomic E-state index is 0.763. The first kappa shape index (κ1) is 10.5. The van der Waals surface area contributed by atoms with Gasteiger partial charge in [0, 0.05) is 0 Å². The van der Waals surface area contributed by atoms with Gasteiger partial charge in [0.2, 0.25) is 0 Å². The molecule has 14 heavy (non-hydrogen) atoms. The maximum absolute atomic E-state index is 2.54. The molecule has 4 fully saturated rings. The molecule has 0 heterocycles. The summed E-state index contributed by atoms with van der Waals surface area (Å²) in [6.45, 7) is 9.09. The lowest BCUT2D eigenvalue weighted by Gasteiger charge is -2.60. The number of hydrogen-bond acceptors (Lipinski definition) is 0. The van der Waals surface area contributed by atoms with Crippen LogP contribution in [0.3, 0.4) is 0 Å². The molecule has 0 unspecified atom stereocenters. The summed E-state index contributed by atoms with van der Waals surface area (Å²) in [6.07, 6.45) is 9.33. The minimum Gasteiger partial charge on any atom is -0.0683 e. The van der Waals surface area contributed by atoms with Crippen LogP contribution in [0.15, 0.2) is 0 Å². The lowest BCUT2D eigenvalue weighted by Crippen LogP contribution is -2.49. The molecule has 0 nitrogen and oxygen atoms in total. The van der Waals surface area contributed by atoms with E-state index in [2.05, 4.69) is 13.8 Å². The number of rotatable bonds is 0. The zero-order chi connectivity index (χ0) is 10.4. The van der Waals surface area contributed by atoms with Crippen LogP contribution >= 0.6 is 0 Å². The van der Waals surface area contributed by atoms with Gasteiger partial charge in [0.25, 0.3) is 0 Å². The van der Waals surface area contributed by atoms with E-state index >= 15 is 0 Å². The Morgan fingerprint density at radius 1 is 0.786 bits per heavy atom. The Labute approximate surface area is 89.5 Å². The lowest BCUT2D eigenvalue weighted by atomic mass is 9.45. The molecular formula is C14H26. The molecule has 0 N–H and O–H groups in total. The van der Waals surface area contributed by atoms with Gasteiger partial charge < -0.3 is 0 Å². The van der Waals surface area contributed by atoms with Crippen LogP contribution in [0, 0.1) is 22.7 Å². The smallest absolute Gasteiger partial charge is 0.0315 e. The molecule has 0 aliphatic heterocycles. The van der Waals surface area contributed by atoms with Gasteiger partial charge in [0.1, 0.15) is 0 Å². The first-order valence-electron chi connectivity index (χ1n) is 6.57. The standard InChI is InChI=1S/C12H20.C2H6/c1-11-4-9-3-10(5-11)7-12(2,6-9)8-11;1-2/h9-10H,3-8H2,1-2H3;1-2H3. The summed E-state index contributed by atoms with van der Waals surface area (Å²) >= 11 is 0. The predicted octanol–water partition coefficient (Wildman–Crippen LogP) is 4.64. The summed E-state index contributed by atoms with van der Waals surface area (Å²) < 4.78 is 0. The highest BCUT2D eigenvalue weighted by Crippen LogP contribution is 2.64. The predicted molar refractivity (Wildman–Crippen MR) is 62.2 cm³/mol. The van der Waals surface area contributed by atoms with E-state index in [1.807, 2.05) is 13.8 Å². The van der Waals surface area contributed by atoms with Crippen LogP contribution in [0.2, 0.25) is 0 Å². The van der Waals surface area contributed by atoms with Crippen molar-refractivity contribution in [1.82, 2.24) is 0 Å². The van der Waals surface area contributed by atoms with Crippen molar-refractivity contribution in [2.45, 2.75) is 66.2 Å². The molecule has 0 heteroatoms. The molecule has 4 rings (SSSR count). The molecule has 4 bridgehead atoms. The van der Waals surface area contributed by atoms with Gasteiger partial charge in [0.15, 0.2) is 0 Å². The van der Waals surface area contributed by atoms with Crippen molar-refractivity contribution in [3.63, 3.8) is 0 Å². The third kappa shape index (κ3) is 1.61. The lowest BCUT2D eigenvalue weighted by molar-refractivity contribution is -0.0920. The molecule has 0 amide bonds. The highest BCUT2D eigenvalue weighted by molar-refractivity contribution is 5.04. The average molecular weight is 194 g/mol. The second-order valence-corrected chi connectivity index (χ2v) is 6.58. The molecule has 0 aromatic carbocycles. The zero-order valence-electron chi connectivity index (χ0n) is 10.4. The first-order chi connectivity index (χ1) is 6.57. The van der Waals surface area contributed by atoms with E-state index in [-0.39, 0.29) is 0 Å². The average Bonchev–Trinajstić information content (AvgIpc) is 2.00. The van der Waals surface area contributed by atoms with E-state index in [9.17, 15) is 0 Å². The Kier molecular flexibility index (Phi) is 2.44. The Morgan fingerprint density at radius 2 is 1.14 bits per heavy atom. The largest absolute Gasteiger partial charge is 0.0683 e. The monoisotopic (exact) mass is 194 g/mol. The van der Waals surface area contributed by atoms with Crippen LogP contribution in [-0.4, -0.2) is 0 Å². The van der Waals surface area contributed by atoms with Gasteiger partial charge in [-0.1, -0.05) is 27.7 Å². The second-order valence-electron chi connectivity index (χ2n) is 6.58. The second kappa shape index (κ2) is 3.25. The quantitative estimate of drug-likeness (QED) is 0.527. The van der Waals surface area contributed by atoms with E-state index in [4.69, 9.17) is 0 Å². The van der Waals surface area contributed by atoms with E-state index in [0.29, 0.717) is 0 Å². The van der Waals surface area contributed by atoms with E-state index < -0.39 is 0 Å². The first-order valence-corrected chi connectivity index (χ1v) is 6.57. The van der Waals surface area contributed by atoms with Crippen molar-refractivity contribution >= 4 is 0 Å². The van der Waals surface area contributed by atoms with Gasteiger partial charge in [-0.25, -0.2) is 0 Å². The van der Waals surface area contributed by atoms with E-state index in [1.54, 1.807) is 32.1 Å². The Balaban J connectivity index is 0.000000354. The highest BCUT2D eigenvalue weighted by Gasteiger charge is 2.53. The van der Waals surface area contributed by atoms with E-state index in [0.717, 1.165) is 22.7 Å². The van der Waals surface area contributed by atoms with Crippen molar-refractivity contribution in [2.24, 2.45) is 22.7 Å². The minimum atomic E-state index is 0.763. The normalized spacial score (nSPS) is 54.0. The van der Waals surface area contributed by atoms with Crippen molar-refractivity contribution in [3.05, 3.63) is 0 Å². The van der Waals surface area contributed by atoms with Gasteiger partial charge in [-0.2, -0.15) is 0 Å². The summed E-state index contributed by atoms with van der Waals surface area (Å²) in [5.41, 5.74) is 1.53. The molecule has 82 valence electrons. The van der Waals surface area contributed by atoms with Crippen molar-refractivity contribution in [2.75, 3.05) is 0 Å². The van der Waals surface area contributed by atoms with Gasteiger partial charge in [-0.3, -0.25) is 0 Å². The molecule has 4 aliphatic carbocycles. The molecule has 0 saturated heterocycles. The molecule has 0 atom stereocenters. The maximum atomic E-state index is 2.54. The molecule has 0 aromatic rings. The molecule has 4 saturated carbocycles. The number of hydrogen-bond donors (Lipinski definition) is 0. The van der Waals surface area contributed by atoms with Gasteiger partial charge in [-0.15, -0.1) is 0 Å². The summed E-state index contributed by atoms with van der Waals surface area (Å²) in [6, 6.07) is 0. The van der Waals surface area contributed by atoms with Gasteiger partial charge in [-0.05, 0) is 61.2 Å². The molecule has 0 spiro atoms. The fourth-order valence-corrected chi connectivity index (χ4v) is 5.22. The van der Waals surface area contributed by atoms with Crippen molar-refractivity contribution in [1.29, 1.82) is 0 Å². The Hall–Kier alpha value is 0.